The molecule has 1 heterocycles. The van der Waals surface area contributed by atoms with Crippen LogP contribution in [0.4, 0.5) is 5.69 Å². The maximum absolute atomic E-state index is 11.7. The van der Waals surface area contributed by atoms with Gasteiger partial charge < -0.3 is 10.0 Å². The van der Waals surface area contributed by atoms with E-state index in [-0.39, 0.29) is 12.2 Å². The van der Waals surface area contributed by atoms with Crippen LogP contribution in [0.3, 0.4) is 0 Å². The number of hydrogen-bond acceptors (Lipinski definition) is 3. The second-order valence-corrected chi connectivity index (χ2v) is 4.40. The van der Waals surface area contributed by atoms with Gasteiger partial charge >= 0.3 is 5.97 Å². The zero-order chi connectivity index (χ0) is 12.4. The zero-order valence-corrected chi connectivity index (χ0v) is 9.91. The van der Waals surface area contributed by atoms with E-state index in [9.17, 15) is 9.59 Å². The Morgan fingerprint density at radius 1 is 1.47 bits per heavy atom. The molecule has 0 radical (unpaired) electrons. The third-order valence-corrected chi connectivity index (χ3v) is 3.04. The number of fused-ring (bicyclic) bond motifs is 1. The third kappa shape index (κ3) is 2.58. The van der Waals surface area contributed by atoms with Gasteiger partial charge in [-0.1, -0.05) is 11.6 Å². The van der Waals surface area contributed by atoms with Crippen LogP contribution in [0.15, 0.2) is 18.2 Å². The Morgan fingerprint density at radius 3 is 2.94 bits per heavy atom. The third-order valence-electron chi connectivity index (χ3n) is 2.80. The van der Waals surface area contributed by atoms with Gasteiger partial charge in [-0.2, -0.15) is 0 Å². The smallest absolute Gasteiger partial charge is 0.305 e. The molecule has 0 saturated carbocycles. The van der Waals surface area contributed by atoms with Crippen molar-refractivity contribution in [3.8, 4) is 0 Å². The molecule has 0 aromatic heterocycles. The number of carboxylic acids is 1. The van der Waals surface area contributed by atoms with Crippen molar-refractivity contribution in [1.82, 2.24) is 0 Å². The Balaban J connectivity index is 2.26. The normalized spacial score (nSPS) is 14.6. The van der Waals surface area contributed by atoms with Crippen LogP contribution in [0.1, 0.15) is 23.2 Å². The minimum absolute atomic E-state index is 0.0640. The lowest BCUT2D eigenvalue weighted by atomic mass is 10.0. The van der Waals surface area contributed by atoms with E-state index in [0.29, 0.717) is 30.1 Å². The molecule has 0 aliphatic carbocycles. The first-order chi connectivity index (χ1) is 8.08. The minimum atomic E-state index is -0.836. The van der Waals surface area contributed by atoms with Gasteiger partial charge in [-0.05, 0) is 18.2 Å². The van der Waals surface area contributed by atoms with E-state index < -0.39 is 5.97 Å². The number of carbonyl (C=O) groups excluding carboxylic acids is 1. The number of hydrogen-bond donors (Lipinski definition) is 1. The van der Waals surface area contributed by atoms with Crippen molar-refractivity contribution in [3.05, 3.63) is 28.8 Å². The second-order valence-electron chi connectivity index (χ2n) is 3.97. The van der Waals surface area contributed by atoms with E-state index >= 15 is 0 Å². The van der Waals surface area contributed by atoms with E-state index in [1.54, 1.807) is 18.2 Å². The number of ketones is 1. The number of carbonyl (C=O) groups is 2. The first-order valence-electron chi connectivity index (χ1n) is 5.37. The first-order valence-corrected chi connectivity index (χ1v) is 5.75. The summed E-state index contributed by atoms with van der Waals surface area (Å²) in [7, 11) is 0. The second kappa shape index (κ2) is 4.75. The van der Waals surface area contributed by atoms with E-state index in [1.807, 2.05) is 4.90 Å². The van der Waals surface area contributed by atoms with E-state index in [1.165, 1.54) is 0 Å². The summed E-state index contributed by atoms with van der Waals surface area (Å²) >= 11 is 5.85. The van der Waals surface area contributed by atoms with Crippen LogP contribution in [-0.2, 0) is 4.79 Å². The van der Waals surface area contributed by atoms with Crippen molar-refractivity contribution in [1.29, 1.82) is 0 Å². The number of nitrogens with zero attached hydrogens (tertiary/aromatic N) is 1. The van der Waals surface area contributed by atoms with Crippen molar-refractivity contribution >= 4 is 29.0 Å². The fourth-order valence-electron chi connectivity index (χ4n) is 1.96. The molecule has 1 N–H and O–H groups in total. The van der Waals surface area contributed by atoms with E-state index in [2.05, 4.69) is 0 Å². The van der Waals surface area contributed by atoms with Gasteiger partial charge in [0, 0.05) is 35.8 Å². The highest BCUT2D eigenvalue weighted by Crippen LogP contribution is 2.29. The number of halogens is 1. The number of rotatable bonds is 3. The molecular formula is C12H12ClNO3. The quantitative estimate of drug-likeness (QED) is 0.897. The molecule has 5 heteroatoms. The summed E-state index contributed by atoms with van der Waals surface area (Å²) in [5.41, 5.74) is 1.38. The highest BCUT2D eigenvalue weighted by Gasteiger charge is 2.23. The molecule has 0 bridgehead atoms. The van der Waals surface area contributed by atoms with Crippen molar-refractivity contribution in [2.75, 3.05) is 18.0 Å². The van der Waals surface area contributed by atoms with Gasteiger partial charge in [0.25, 0.3) is 0 Å². The van der Waals surface area contributed by atoms with Gasteiger partial charge in [-0.3, -0.25) is 9.59 Å². The minimum Gasteiger partial charge on any atom is -0.481 e. The van der Waals surface area contributed by atoms with Crippen molar-refractivity contribution < 1.29 is 14.7 Å². The monoisotopic (exact) mass is 253 g/mol. The van der Waals surface area contributed by atoms with E-state index in [0.717, 1.165) is 5.69 Å². The lowest BCUT2D eigenvalue weighted by molar-refractivity contribution is -0.136. The van der Waals surface area contributed by atoms with Crippen LogP contribution < -0.4 is 4.90 Å². The summed E-state index contributed by atoms with van der Waals surface area (Å²) in [6.45, 7) is 0.984. The molecule has 2 rings (SSSR count). The van der Waals surface area contributed by atoms with Gasteiger partial charge in [0.2, 0.25) is 0 Å². The number of aliphatic carboxylic acids is 1. The lowest BCUT2D eigenvalue weighted by Crippen LogP contribution is -2.33. The summed E-state index contributed by atoms with van der Waals surface area (Å²) in [6, 6.07) is 5.13. The van der Waals surface area contributed by atoms with Crippen molar-refractivity contribution in [2.45, 2.75) is 12.8 Å². The fraction of sp³-hybridized carbons (Fsp3) is 0.333. The zero-order valence-electron chi connectivity index (χ0n) is 9.15. The molecule has 0 amide bonds. The van der Waals surface area contributed by atoms with Crippen LogP contribution >= 0.6 is 11.6 Å². The topological polar surface area (TPSA) is 57.6 Å². The van der Waals surface area contributed by atoms with Crippen LogP contribution in [-0.4, -0.2) is 29.9 Å². The van der Waals surface area contributed by atoms with Crippen LogP contribution in [0, 0.1) is 0 Å². The number of anilines is 1. The molecule has 90 valence electrons. The van der Waals surface area contributed by atoms with E-state index in [4.69, 9.17) is 16.7 Å². The summed E-state index contributed by atoms with van der Waals surface area (Å²) in [5, 5.41) is 9.20. The van der Waals surface area contributed by atoms with Crippen LogP contribution in [0.25, 0.3) is 0 Å². The Bertz CT molecular complexity index is 473. The number of carboxylic acid groups (broad SMARTS) is 1. The van der Waals surface area contributed by atoms with Gasteiger partial charge in [0.15, 0.2) is 5.78 Å². The molecule has 1 aliphatic heterocycles. The Morgan fingerprint density at radius 2 is 2.24 bits per heavy atom. The van der Waals surface area contributed by atoms with Gasteiger partial charge in [-0.15, -0.1) is 0 Å². The van der Waals surface area contributed by atoms with Crippen molar-refractivity contribution in [3.63, 3.8) is 0 Å². The maximum atomic E-state index is 11.7. The average Bonchev–Trinajstić information content (AvgIpc) is 2.28. The fourth-order valence-corrected chi connectivity index (χ4v) is 2.13. The molecule has 1 aromatic carbocycles. The molecule has 17 heavy (non-hydrogen) atoms. The molecule has 0 unspecified atom stereocenters. The standard InChI is InChI=1S/C12H12ClNO3/c13-8-1-2-10-9(7-8)11(15)3-5-14(10)6-4-12(16)17/h1-2,7H,3-6H2,(H,16,17). The largest absolute Gasteiger partial charge is 0.481 e. The van der Waals surface area contributed by atoms with Gasteiger partial charge in [0.1, 0.15) is 0 Å². The lowest BCUT2D eigenvalue weighted by Gasteiger charge is -2.30. The Hall–Kier alpha value is -1.55. The number of benzene rings is 1. The van der Waals surface area contributed by atoms with Gasteiger partial charge in [0.05, 0.1) is 6.42 Å². The SMILES string of the molecule is O=C(O)CCN1CCC(=O)c2cc(Cl)ccc21. The average molecular weight is 254 g/mol. The maximum Gasteiger partial charge on any atom is 0.305 e. The number of Topliss-reactive ketones (excluding diaryl/α,β-unsaturated/α-hetero) is 1. The molecule has 1 aliphatic rings. The molecule has 0 saturated heterocycles. The molecule has 0 spiro atoms. The summed E-state index contributed by atoms with van der Waals surface area (Å²) < 4.78 is 0. The molecule has 4 nitrogen and oxygen atoms in total. The molecule has 1 aromatic rings. The predicted octanol–water partition coefficient (Wildman–Crippen LogP) is 2.21. The highest BCUT2D eigenvalue weighted by atomic mass is 35.5. The molecule has 0 atom stereocenters. The van der Waals surface area contributed by atoms with Crippen LogP contribution in [0.2, 0.25) is 5.02 Å². The Kier molecular flexibility index (Phi) is 3.33. The summed E-state index contributed by atoms with van der Waals surface area (Å²) in [6.07, 6.45) is 0.475. The van der Waals surface area contributed by atoms with Crippen LogP contribution in [0.5, 0.6) is 0 Å². The first kappa shape index (κ1) is 11.9. The molecule has 0 fully saturated rings. The molecular weight excluding hydrogens is 242 g/mol. The van der Waals surface area contributed by atoms with Gasteiger partial charge in [-0.25, -0.2) is 0 Å². The summed E-state index contributed by atoms with van der Waals surface area (Å²) in [4.78, 5) is 24.2. The highest BCUT2D eigenvalue weighted by molar-refractivity contribution is 6.31. The Labute approximate surface area is 104 Å². The predicted molar refractivity (Wildman–Crippen MR) is 64.9 cm³/mol. The summed E-state index contributed by atoms with van der Waals surface area (Å²) in [5.74, 6) is -0.772. The van der Waals surface area contributed by atoms with Crippen molar-refractivity contribution in [2.24, 2.45) is 0 Å².